The van der Waals surface area contributed by atoms with E-state index < -0.39 is 12.0 Å². The summed E-state index contributed by atoms with van der Waals surface area (Å²) >= 11 is 0. The van der Waals surface area contributed by atoms with E-state index in [0.717, 1.165) is 16.4 Å². The summed E-state index contributed by atoms with van der Waals surface area (Å²) in [6.45, 7) is 0.834. The number of hydrogen-bond donors (Lipinski definition) is 2. The smallest absolute Gasteiger partial charge is 0.322 e. The van der Waals surface area contributed by atoms with Gasteiger partial charge in [0.1, 0.15) is 11.2 Å². The molecule has 3 amide bonds. The first-order chi connectivity index (χ1) is 12.1. The fraction of sp³-hybridized carbons (Fsp3) is 0.222. The molecule has 1 fully saturated rings. The van der Waals surface area contributed by atoms with Crippen LogP contribution in [0.25, 0.3) is 21.9 Å². The lowest BCUT2D eigenvalue weighted by Gasteiger charge is -2.31. The van der Waals surface area contributed by atoms with Crippen LogP contribution in [0.1, 0.15) is 0 Å². The monoisotopic (exact) mass is 339 g/mol. The van der Waals surface area contributed by atoms with E-state index in [2.05, 4.69) is 5.32 Å². The summed E-state index contributed by atoms with van der Waals surface area (Å²) in [5, 5.41) is 4.86. The average molecular weight is 339 g/mol. The van der Waals surface area contributed by atoms with Crippen molar-refractivity contribution in [2.45, 2.75) is 6.10 Å². The number of primary amides is 1. The van der Waals surface area contributed by atoms with Gasteiger partial charge in [0.25, 0.3) is 0 Å². The number of amides is 3. The van der Waals surface area contributed by atoms with Gasteiger partial charge in [-0.25, -0.2) is 4.79 Å². The largest absolute Gasteiger partial charge is 0.456 e. The van der Waals surface area contributed by atoms with Gasteiger partial charge in [-0.15, -0.1) is 0 Å². The standard InChI is InChI=1S/C18H17N3O4/c19-17(22)16-10-21(7-8-24-16)18(23)20-11-5-6-13-12-3-1-2-4-14(12)25-15(13)9-11/h1-6,9,16H,7-8,10H2,(H2,19,22)(H,20,23)/t16-/m1/s1. The van der Waals surface area contributed by atoms with Crippen molar-refractivity contribution in [3.63, 3.8) is 0 Å². The summed E-state index contributed by atoms with van der Waals surface area (Å²) in [6, 6.07) is 13.0. The Hall–Kier alpha value is -3.06. The van der Waals surface area contributed by atoms with E-state index in [-0.39, 0.29) is 19.2 Å². The van der Waals surface area contributed by atoms with Gasteiger partial charge in [0.15, 0.2) is 6.10 Å². The number of urea groups is 1. The predicted molar refractivity (Wildman–Crippen MR) is 93.2 cm³/mol. The lowest BCUT2D eigenvalue weighted by molar-refractivity contribution is -0.133. The van der Waals surface area contributed by atoms with Crippen molar-refractivity contribution >= 4 is 39.6 Å². The number of para-hydroxylation sites is 1. The molecule has 7 heteroatoms. The first-order valence-electron chi connectivity index (χ1n) is 8.00. The van der Waals surface area contributed by atoms with Crippen LogP contribution in [0, 0.1) is 0 Å². The van der Waals surface area contributed by atoms with Gasteiger partial charge in [0.05, 0.1) is 13.2 Å². The van der Waals surface area contributed by atoms with Crippen molar-refractivity contribution in [1.29, 1.82) is 0 Å². The molecule has 1 aromatic heterocycles. The first-order valence-corrected chi connectivity index (χ1v) is 8.00. The number of nitrogens with zero attached hydrogens (tertiary/aromatic N) is 1. The van der Waals surface area contributed by atoms with E-state index in [1.165, 1.54) is 4.90 Å². The molecule has 0 spiro atoms. The van der Waals surface area contributed by atoms with Crippen molar-refractivity contribution in [2.75, 3.05) is 25.0 Å². The van der Waals surface area contributed by atoms with Crippen LogP contribution < -0.4 is 11.1 Å². The van der Waals surface area contributed by atoms with Crippen LogP contribution in [-0.2, 0) is 9.53 Å². The third-order valence-corrected chi connectivity index (χ3v) is 4.30. The average Bonchev–Trinajstić information content (AvgIpc) is 2.99. The van der Waals surface area contributed by atoms with E-state index in [4.69, 9.17) is 14.9 Å². The van der Waals surface area contributed by atoms with Crippen LogP contribution in [-0.4, -0.2) is 42.6 Å². The van der Waals surface area contributed by atoms with Gasteiger partial charge in [0, 0.05) is 29.1 Å². The Labute approximate surface area is 143 Å². The number of rotatable bonds is 2. The van der Waals surface area contributed by atoms with Crippen molar-refractivity contribution in [1.82, 2.24) is 4.90 Å². The molecule has 0 bridgehead atoms. The van der Waals surface area contributed by atoms with Crippen LogP contribution in [0.15, 0.2) is 46.9 Å². The number of carbonyl (C=O) groups excluding carboxylic acids is 2. The Morgan fingerprint density at radius 2 is 1.92 bits per heavy atom. The molecule has 0 unspecified atom stereocenters. The van der Waals surface area contributed by atoms with E-state index in [1.807, 2.05) is 36.4 Å². The number of benzene rings is 2. The van der Waals surface area contributed by atoms with E-state index in [1.54, 1.807) is 6.07 Å². The van der Waals surface area contributed by atoms with Gasteiger partial charge >= 0.3 is 6.03 Å². The maximum atomic E-state index is 12.4. The fourth-order valence-electron chi connectivity index (χ4n) is 3.01. The molecule has 25 heavy (non-hydrogen) atoms. The maximum Gasteiger partial charge on any atom is 0.322 e. The first kappa shape index (κ1) is 15.5. The van der Waals surface area contributed by atoms with E-state index in [9.17, 15) is 9.59 Å². The van der Waals surface area contributed by atoms with Crippen molar-refractivity contribution in [3.05, 3.63) is 42.5 Å². The topological polar surface area (TPSA) is 97.8 Å². The Kier molecular flexibility index (Phi) is 3.77. The van der Waals surface area contributed by atoms with Gasteiger partial charge in [-0.2, -0.15) is 0 Å². The number of morpholine rings is 1. The van der Waals surface area contributed by atoms with Gasteiger partial charge < -0.3 is 25.1 Å². The van der Waals surface area contributed by atoms with Crippen molar-refractivity contribution in [3.8, 4) is 0 Å². The van der Waals surface area contributed by atoms with Crippen molar-refractivity contribution in [2.24, 2.45) is 5.73 Å². The number of nitrogens with two attached hydrogens (primary N) is 1. The molecule has 0 radical (unpaired) electrons. The minimum atomic E-state index is -0.766. The summed E-state index contributed by atoms with van der Waals surface area (Å²) < 4.78 is 11.1. The molecule has 128 valence electrons. The Morgan fingerprint density at radius 3 is 2.76 bits per heavy atom. The molecule has 1 saturated heterocycles. The molecule has 1 aliphatic rings. The Morgan fingerprint density at radius 1 is 1.12 bits per heavy atom. The second-order valence-corrected chi connectivity index (χ2v) is 5.95. The number of ether oxygens (including phenoxy) is 1. The molecule has 3 aromatic rings. The molecule has 3 N–H and O–H groups in total. The highest BCUT2D eigenvalue weighted by atomic mass is 16.5. The number of furan rings is 1. The SMILES string of the molecule is NC(=O)[C@H]1CN(C(=O)Nc2ccc3c(c2)oc2ccccc23)CCO1. The Bertz CT molecular complexity index is 965. The highest BCUT2D eigenvalue weighted by molar-refractivity contribution is 6.06. The summed E-state index contributed by atoms with van der Waals surface area (Å²) in [7, 11) is 0. The zero-order valence-corrected chi connectivity index (χ0v) is 13.4. The quantitative estimate of drug-likeness (QED) is 0.748. The minimum absolute atomic E-state index is 0.147. The lowest BCUT2D eigenvalue weighted by atomic mass is 10.1. The summed E-state index contributed by atoms with van der Waals surface area (Å²) in [5.74, 6) is -0.568. The zero-order chi connectivity index (χ0) is 17.4. The molecular weight excluding hydrogens is 322 g/mol. The van der Waals surface area contributed by atoms with Crippen LogP contribution in [0.3, 0.4) is 0 Å². The Balaban J connectivity index is 1.55. The fourth-order valence-corrected chi connectivity index (χ4v) is 3.01. The maximum absolute atomic E-state index is 12.4. The van der Waals surface area contributed by atoms with Crippen LogP contribution in [0.2, 0.25) is 0 Å². The molecule has 2 heterocycles. The lowest BCUT2D eigenvalue weighted by Crippen LogP contribution is -2.51. The van der Waals surface area contributed by atoms with Crippen molar-refractivity contribution < 1.29 is 18.7 Å². The molecular formula is C18H17N3O4. The number of fused-ring (bicyclic) bond motifs is 3. The molecule has 1 aliphatic heterocycles. The molecule has 0 aliphatic carbocycles. The number of hydrogen-bond acceptors (Lipinski definition) is 4. The number of anilines is 1. The third kappa shape index (κ3) is 2.89. The second kappa shape index (κ2) is 6.10. The minimum Gasteiger partial charge on any atom is -0.456 e. The molecule has 7 nitrogen and oxygen atoms in total. The predicted octanol–water partition coefficient (Wildman–Crippen LogP) is 2.30. The van der Waals surface area contributed by atoms with Crippen LogP contribution in [0.5, 0.6) is 0 Å². The summed E-state index contributed by atoms with van der Waals surface area (Å²) in [6.07, 6.45) is -0.766. The van der Waals surface area contributed by atoms with E-state index >= 15 is 0 Å². The molecule has 0 saturated carbocycles. The molecule has 2 aromatic carbocycles. The zero-order valence-electron chi connectivity index (χ0n) is 13.4. The van der Waals surface area contributed by atoms with Crippen LogP contribution in [0.4, 0.5) is 10.5 Å². The summed E-state index contributed by atoms with van der Waals surface area (Å²) in [4.78, 5) is 25.2. The number of nitrogens with one attached hydrogen (secondary N) is 1. The highest BCUT2D eigenvalue weighted by Crippen LogP contribution is 2.30. The van der Waals surface area contributed by atoms with Gasteiger partial charge in [-0.1, -0.05) is 18.2 Å². The second-order valence-electron chi connectivity index (χ2n) is 5.95. The normalized spacial score (nSPS) is 17.8. The van der Waals surface area contributed by atoms with Gasteiger partial charge in [0.2, 0.25) is 5.91 Å². The van der Waals surface area contributed by atoms with E-state index in [0.29, 0.717) is 17.8 Å². The highest BCUT2D eigenvalue weighted by Gasteiger charge is 2.27. The van der Waals surface area contributed by atoms with Gasteiger partial charge in [-0.05, 0) is 18.2 Å². The third-order valence-electron chi connectivity index (χ3n) is 4.30. The molecule has 4 rings (SSSR count). The van der Waals surface area contributed by atoms with Crippen LogP contribution >= 0.6 is 0 Å². The summed E-state index contributed by atoms with van der Waals surface area (Å²) in [5.41, 5.74) is 7.38. The number of carbonyl (C=O) groups is 2. The van der Waals surface area contributed by atoms with Gasteiger partial charge in [-0.3, -0.25) is 4.79 Å². The molecule has 1 atom stereocenters.